The molecule has 19 heavy (non-hydrogen) atoms. The van der Waals surface area contributed by atoms with Crippen molar-refractivity contribution in [2.45, 2.75) is 31.8 Å². The first-order chi connectivity index (χ1) is 9.00. The molecule has 0 aromatic heterocycles. The van der Waals surface area contributed by atoms with Crippen LogP contribution in [0.5, 0.6) is 0 Å². The van der Waals surface area contributed by atoms with E-state index in [0.717, 1.165) is 0 Å². The van der Waals surface area contributed by atoms with Crippen molar-refractivity contribution in [3.05, 3.63) is 0 Å². The van der Waals surface area contributed by atoms with Gasteiger partial charge in [-0.25, -0.2) is 9.59 Å². The van der Waals surface area contributed by atoms with Crippen LogP contribution in [0.1, 0.15) is 19.8 Å². The average molecular weight is 273 g/mol. The summed E-state index contributed by atoms with van der Waals surface area (Å²) in [6.07, 6.45) is 2.49. The third kappa shape index (κ3) is 6.97. The molecular weight excluding hydrogens is 250 g/mol. The van der Waals surface area contributed by atoms with Crippen LogP contribution in [0.25, 0.3) is 0 Å². The summed E-state index contributed by atoms with van der Waals surface area (Å²) < 4.78 is 4.80. The number of carboxylic acids is 1. The van der Waals surface area contributed by atoms with Gasteiger partial charge in [0.05, 0.1) is 6.61 Å². The number of rotatable bonds is 9. The molecule has 0 bridgehead atoms. The molecule has 0 radical (unpaired) electrons. The monoisotopic (exact) mass is 273 g/mol. The zero-order valence-electron chi connectivity index (χ0n) is 11.5. The van der Waals surface area contributed by atoms with E-state index in [9.17, 15) is 9.59 Å². The fraction of sp³-hybridized carbons (Fsp3) is 0.833. The number of nitrogens with zero attached hydrogens (tertiary/aromatic N) is 1. The molecule has 1 unspecified atom stereocenters. The van der Waals surface area contributed by atoms with Gasteiger partial charge in [0, 0.05) is 25.2 Å². The highest BCUT2D eigenvalue weighted by Gasteiger charge is 2.28. The van der Waals surface area contributed by atoms with E-state index in [1.54, 1.807) is 0 Å². The lowest BCUT2D eigenvalue weighted by molar-refractivity contribution is -0.142. The summed E-state index contributed by atoms with van der Waals surface area (Å²) in [5.41, 5.74) is 0. The van der Waals surface area contributed by atoms with Crippen molar-refractivity contribution < 1.29 is 19.4 Å². The van der Waals surface area contributed by atoms with Crippen LogP contribution in [0.2, 0.25) is 0 Å². The maximum absolute atomic E-state index is 11.4. The number of carbonyl (C=O) groups is 2. The second-order valence-corrected chi connectivity index (χ2v) is 4.83. The first-order valence-corrected chi connectivity index (χ1v) is 6.54. The molecule has 110 valence electrons. The molecule has 0 spiro atoms. The summed E-state index contributed by atoms with van der Waals surface area (Å²) in [5.74, 6) is -1.01. The summed E-state index contributed by atoms with van der Waals surface area (Å²) >= 11 is 0. The van der Waals surface area contributed by atoms with Crippen LogP contribution >= 0.6 is 0 Å². The standard InChI is InChI=1S/C12H23N3O4/c1-9(15(2)10-3-4-10)7-14-12(18)13-5-6-19-8-11(16)17/h9-10H,3-8H2,1-2H3,(H,16,17)(H2,13,14,18). The highest BCUT2D eigenvalue weighted by atomic mass is 16.5. The fourth-order valence-corrected chi connectivity index (χ4v) is 1.68. The maximum Gasteiger partial charge on any atom is 0.329 e. The number of hydrogen-bond donors (Lipinski definition) is 3. The summed E-state index contributed by atoms with van der Waals surface area (Å²) in [6, 6.07) is 0.723. The minimum atomic E-state index is -1.01. The van der Waals surface area contributed by atoms with Gasteiger partial charge in [-0.05, 0) is 26.8 Å². The number of amides is 2. The number of carbonyl (C=O) groups excluding carboxylic acids is 1. The number of ether oxygens (including phenoxy) is 1. The number of likely N-dealkylation sites (N-methyl/N-ethyl adjacent to an activating group) is 1. The Bertz CT molecular complexity index is 307. The van der Waals surface area contributed by atoms with Crippen LogP contribution < -0.4 is 10.6 Å². The van der Waals surface area contributed by atoms with Gasteiger partial charge < -0.3 is 20.5 Å². The predicted molar refractivity (Wildman–Crippen MR) is 70.1 cm³/mol. The molecule has 1 atom stereocenters. The molecule has 1 saturated carbocycles. The maximum atomic E-state index is 11.4. The van der Waals surface area contributed by atoms with Gasteiger partial charge in [-0.15, -0.1) is 0 Å². The van der Waals surface area contributed by atoms with Crippen molar-refractivity contribution >= 4 is 12.0 Å². The van der Waals surface area contributed by atoms with Crippen LogP contribution in [-0.4, -0.2) is 67.4 Å². The van der Waals surface area contributed by atoms with Gasteiger partial charge in [0.2, 0.25) is 0 Å². The fourth-order valence-electron chi connectivity index (χ4n) is 1.68. The smallest absolute Gasteiger partial charge is 0.329 e. The molecule has 7 nitrogen and oxygen atoms in total. The highest BCUT2D eigenvalue weighted by Crippen LogP contribution is 2.26. The number of hydrogen-bond acceptors (Lipinski definition) is 4. The van der Waals surface area contributed by atoms with Crippen LogP contribution in [0.4, 0.5) is 4.79 Å². The Morgan fingerprint density at radius 2 is 2.11 bits per heavy atom. The van der Waals surface area contributed by atoms with E-state index >= 15 is 0 Å². The number of aliphatic carboxylic acids is 1. The lowest BCUT2D eigenvalue weighted by atomic mass is 10.3. The largest absolute Gasteiger partial charge is 0.480 e. The molecule has 1 fully saturated rings. The molecule has 0 saturated heterocycles. The van der Waals surface area contributed by atoms with Crippen molar-refractivity contribution in [2.75, 3.05) is 33.4 Å². The van der Waals surface area contributed by atoms with E-state index < -0.39 is 5.97 Å². The Kier molecular flexibility index (Phi) is 6.58. The molecule has 1 aliphatic rings. The Morgan fingerprint density at radius 3 is 2.68 bits per heavy atom. The molecule has 7 heteroatoms. The zero-order chi connectivity index (χ0) is 14.3. The minimum Gasteiger partial charge on any atom is -0.480 e. The van der Waals surface area contributed by atoms with Crippen molar-refractivity contribution in [2.24, 2.45) is 0 Å². The first-order valence-electron chi connectivity index (χ1n) is 6.54. The SMILES string of the molecule is CC(CNC(=O)NCCOCC(=O)O)N(C)C1CC1. The van der Waals surface area contributed by atoms with E-state index in [1.165, 1.54) is 12.8 Å². The lowest BCUT2D eigenvalue weighted by Crippen LogP contribution is -2.45. The number of nitrogens with one attached hydrogen (secondary N) is 2. The summed E-state index contributed by atoms with van der Waals surface area (Å²) in [5, 5.41) is 13.7. The van der Waals surface area contributed by atoms with Gasteiger partial charge in [-0.3, -0.25) is 4.90 Å². The average Bonchev–Trinajstić information content (AvgIpc) is 3.18. The number of carboxylic acid groups (broad SMARTS) is 1. The molecule has 0 aliphatic heterocycles. The summed E-state index contributed by atoms with van der Waals surface area (Å²) in [7, 11) is 2.07. The van der Waals surface area contributed by atoms with Crippen molar-refractivity contribution in [3.63, 3.8) is 0 Å². The van der Waals surface area contributed by atoms with Gasteiger partial charge in [-0.2, -0.15) is 0 Å². The second-order valence-electron chi connectivity index (χ2n) is 4.83. The zero-order valence-corrected chi connectivity index (χ0v) is 11.5. The van der Waals surface area contributed by atoms with Crippen LogP contribution in [-0.2, 0) is 9.53 Å². The Labute approximate surface area is 113 Å². The van der Waals surface area contributed by atoms with Gasteiger partial charge >= 0.3 is 12.0 Å². The van der Waals surface area contributed by atoms with E-state index in [4.69, 9.17) is 9.84 Å². The van der Waals surface area contributed by atoms with Gasteiger partial charge in [0.25, 0.3) is 0 Å². The number of urea groups is 1. The van der Waals surface area contributed by atoms with E-state index in [1.807, 2.05) is 0 Å². The van der Waals surface area contributed by atoms with Crippen LogP contribution in [0.3, 0.4) is 0 Å². The minimum absolute atomic E-state index is 0.192. The van der Waals surface area contributed by atoms with Crippen molar-refractivity contribution in [1.82, 2.24) is 15.5 Å². The second kappa shape index (κ2) is 7.96. The van der Waals surface area contributed by atoms with Crippen molar-refractivity contribution in [1.29, 1.82) is 0 Å². The molecule has 0 aromatic carbocycles. The molecule has 1 rings (SSSR count). The third-order valence-electron chi connectivity index (χ3n) is 3.13. The van der Waals surface area contributed by atoms with E-state index in [2.05, 4.69) is 29.5 Å². The van der Waals surface area contributed by atoms with Crippen LogP contribution in [0.15, 0.2) is 0 Å². The normalized spacial score (nSPS) is 16.2. The topological polar surface area (TPSA) is 90.9 Å². The van der Waals surface area contributed by atoms with E-state index in [-0.39, 0.29) is 19.2 Å². The van der Waals surface area contributed by atoms with Gasteiger partial charge in [0.15, 0.2) is 0 Å². The molecular formula is C12H23N3O4. The van der Waals surface area contributed by atoms with Crippen molar-refractivity contribution in [3.8, 4) is 0 Å². The quantitative estimate of drug-likeness (QED) is 0.509. The summed E-state index contributed by atoms with van der Waals surface area (Å²) in [4.78, 5) is 23.9. The van der Waals surface area contributed by atoms with Gasteiger partial charge in [0.1, 0.15) is 6.61 Å². The summed E-state index contributed by atoms with van der Waals surface area (Å²) in [6.45, 7) is 2.82. The molecule has 2 amide bonds. The van der Waals surface area contributed by atoms with Gasteiger partial charge in [-0.1, -0.05) is 0 Å². The molecule has 3 N–H and O–H groups in total. The lowest BCUT2D eigenvalue weighted by Gasteiger charge is -2.24. The molecule has 0 aromatic rings. The third-order valence-corrected chi connectivity index (χ3v) is 3.13. The molecule has 1 aliphatic carbocycles. The Balaban J connectivity index is 1.99. The Morgan fingerprint density at radius 1 is 1.42 bits per heavy atom. The van der Waals surface area contributed by atoms with Crippen LogP contribution in [0, 0.1) is 0 Å². The molecule has 0 heterocycles. The highest BCUT2D eigenvalue weighted by molar-refractivity contribution is 5.73. The Hall–Kier alpha value is -1.34. The predicted octanol–water partition coefficient (Wildman–Crippen LogP) is -0.130. The van der Waals surface area contributed by atoms with E-state index in [0.29, 0.717) is 25.2 Å². The first kappa shape index (κ1) is 15.7.